The molecule has 15 atom stereocenters. The Kier molecular flexibility index (Phi) is 9.23. The van der Waals surface area contributed by atoms with Crippen LogP contribution in [0.3, 0.4) is 0 Å². The number of aliphatic carboxylic acids is 2. The van der Waals surface area contributed by atoms with Crippen LogP contribution in [0.5, 0.6) is 0 Å². The molecule has 48 heavy (non-hydrogen) atoms. The fourth-order valence-electron chi connectivity index (χ4n) is 12.1. The summed E-state index contributed by atoms with van der Waals surface area (Å²) in [5.74, 6) is -2.21. The van der Waals surface area contributed by atoms with Crippen LogP contribution in [0.2, 0.25) is 0 Å². The topological polar surface area (TPSA) is 194 Å². The predicted octanol–water partition coefficient (Wildman–Crippen LogP) is 3.31. The number of rotatable bonds is 6. The third-order valence-corrected chi connectivity index (χ3v) is 15.1. The molecule has 1 aliphatic heterocycles. The van der Waals surface area contributed by atoms with Crippen LogP contribution in [-0.2, 0) is 19.1 Å². The summed E-state index contributed by atoms with van der Waals surface area (Å²) < 4.78 is 11.7. The number of carboxylic acid groups (broad SMARTS) is 2. The Labute approximate surface area is 287 Å². The molecular weight excluding hydrogens is 644 g/mol. The van der Waals surface area contributed by atoms with Crippen LogP contribution in [-0.4, -0.2) is 103 Å². The molecular formula is C36H55ClO11. The number of aliphatic hydroxyl groups is 5. The lowest BCUT2D eigenvalue weighted by molar-refractivity contribution is -0.339. The second-order valence-electron chi connectivity index (χ2n) is 17.6. The second-order valence-corrected chi connectivity index (χ2v) is 17.9. The van der Waals surface area contributed by atoms with E-state index in [4.69, 9.17) is 21.1 Å². The highest BCUT2D eigenvalue weighted by Crippen LogP contribution is 2.72. The normalized spacial score (nSPS) is 51.6. The summed E-state index contributed by atoms with van der Waals surface area (Å²) in [6, 6.07) is 0. The van der Waals surface area contributed by atoms with Crippen molar-refractivity contribution >= 4 is 23.5 Å². The molecule has 6 rings (SSSR count). The summed E-state index contributed by atoms with van der Waals surface area (Å²) in [4.78, 5) is 26.4. The average Bonchev–Trinajstić information content (AvgIpc) is 3.01. The molecule has 6 aliphatic rings. The van der Waals surface area contributed by atoms with Crippen molar-refractivity contribution in [3.8, 4) is 0 Å². The summed E-state index contributed by atoms with van der Waals surface area (Å²) in [5, 5.41) is 74.5. The maximum Gasteiger partial charge on any atom is 0.312 e. The summed E-state index contributed by atoms with van der Waals surface area (Å²) in [6.07, 6.45) is -4.85. The van der Waals surface area contributed by atoms with Crippen LogP contribution in [0, 0.1) is 50.7 Å². The van der Waals surface area contributed by atoms with E-state index in [1.165, 1.54) is 11.1 Å². The van der Waals surface area contributed by atoms with E-state index in [1.807, 2.05) is 0 Å². The van der Waals surface area contributed by atoms with Gasteiger partial charge in [-0.2, -0.15) is 0 Å². The minimum absolute atomic E-state index is 0.00403. The fourth-order valence-corrected chi connectivity index (χ4v) is 12.4. The van der Waals surface area contributed by atoms with Gasteiger partial charge in [0.25, 0.3) is 0 Å². The van der Waals surface area contributed by atoms with Crippen molar-refractivity contribution in [3.63, 3.8) is 0 Å². The predicted molar refractivity (Wildman–Crippen MR) is 174 cm³/mol. The van der Waals surface area contributed by atoms with Crippen LogP contribution in [0.15, 0.2) is 11.1 Å². The van der Waals surface area contributed by atoms with Crippen LogP contribution < -0.4 is 0 Å². The molecule has 1 heterocycles. The van der Waals surface area contributed by atoms with Gasteiger partial charge in [0.15, 0.2) is 6.29 Å². The van der Waals surface area contributed by atoms with Crippen LogP contribution in [0.25, 0.3) is 0 Å². The molecule has 0 bridgehead atoms. The van der Waals surface area contributed by atoms with E-state index in [0.717, 1.165) is 12.8 Å². The molecule has 1 saturated heterocycles. The number of carbonyl (C=O) groups is 2. The van der Waals surface area contributed by atoms with E-state index in [0.29, 0.717) is 44.4 Å². The summed E-state index contributed by atoms with van der Waals surface area (Å²) in [5.41, 5.74) is -0.894. The third kappa shape index (κ3) is 5.07. The Balaban J connectivity index is 1.39. The average molecular weight is 699 g/mol. The van der Waals surface area contributed by atoms with Crippen LogP contribution in [0.1, 0.15) is 92.4 Å². The highest BCUT2D eigenvalue weighted by molar-refractivity contribution is 6.18. The molecule has 272 valence electrons. The van der Waals surface area contributed by atoms with E-state index >= 15 is 0 Å². The number of hydrogen-bond acceptors (Lipinski definition) is 9. The first-order chi connectivity index (χ1) is 22.3. The van der Waals surface area contributed by atoms with Gasteiger partial charge in [0.1, 0.15) is 30.5 Å². The molecule has 5 aliphatic carbocycles. The maximum atomic E-state index is 13.4. The fraction of sp³-hybridized carbons (Fsp3) is 0.889. The summed E-state index contributed by atoms with van der Waals surface area (Å²) in [6.45, 7) is 9.71. The van der Waals surface area contributed by atoms with E-state index in [9.17, 15) is 45.3 Å². The number of hydrogen-bond donors (Lipinski definition) is 7. The van der Waals surface area contributed by atoms with Gasteiger partial charge in [-0.1, -0.05) is 38.8 Å². The number of alkyl halides is 1. The quantitative estimate of drug-likeness (QED) is 0.122. The van der Waals surface area contributed by atoms with Gasteiger partial charge >= 0.3 is 11.9 Å². The Morgan fingerprint density at radius 3 is 2.19 bits per heavy atom. The van der Waals surface area contributed by atoms with E-state index in [2.05, 4.69) is 27.7 Å². The highest BCUT2D eigenvalue weighted by Gasteiger charge is 2.70. The Bertz CT molecular complexity index is 1330. The van der Waals surface area contributed by atoms with Gasteiger partial charge in [-0.05, 0) is 105 Å². The molecule has 0 aromatic rings. The molecule has 0 aromatic carbocycles. The van der Waals surface area contributed by atoms with Crippen molar-refractivity contribution in [3.05, 3.63) is 11.1 Å². The molecule has 15 unspecified atom stereocenters. The molecule has 4 fully saturated rings. The van der Waals surface area contributed by atoms with E-state index < -0.39 is 83.6 Å². The standard InChI is InChI=1S/C36H55ClO11/c1-32(2)10-11-36(31(45)46)9-6-18-24(19(36)13-32)17(15-37)12-23-33(18,3)8-7-22-34(23,4)14-20(39)28(35(22,5)30(43)44)48-29-27(42)26(41)25(40)21(16-38)47-29/h17,19-23,25-29,38-42H,6-16H2,1-5H3,(H,43,44)(H,45,46). The van der Waals surface area contributed by atoms with Crippen molar-refractivity contribution < 1.29 is 54.8 Å². The smallest absolute Gasteiger partial charge is 0.312 e. The molecule has 3 saturated carbocycles. The van der Waals surface area contributed by atoms with Crippen molar-refractivity contribution in [2.24, 2.45) is 50.7 Å². The SMILES string of the molecule is CC1(C)CCC2(C(=O)O)CCC3=C(C(CCl)CC4C3(C)CCC3C4(C)CC(O)C(OC4OC(CO)C(O)C(O)C4O)C3(C)C(=O)O)C2C1. The number of halogens is 1. The monoisotopic (exact) mass is 698 g/mol. The van der Waals surface area contributed by atoms with Crippen molar-refractivity contribution in [2.45, 2.75) is 135 Å². The number of carboxylic acids is 2. The lowest BCUT2D eigenvalue weighted by Gasteiger charge is -2.68. The van der Waals surface area contributed by atoms with Gasteiger partial charge in [0, 0.05) is 5.88 Å². The first-order valence-corrected chi connectivity index (χ1v) is 18.3. The van der Waals surface area contributed by atoms with Crippen LogP contribution in [0.4, 0.5) is 0 Å². The molecule has 0 radical (unpaired) electrons. The Morgan fingerprint density at radius 1 is 0.896 bits per heavy atom. The molecule has 0 spiro atoms. The van der Waals surface area contributed by atoms with Gasteiger partial charge in [-0.15, -0.1) is 11.6 Å². The highest BCUT2D eigenvalue weighted by atomic mass is 35.5. The van der Waals surface area contributed by atoms with Gasteiger partial charge < -0.3 is 45.2 Å². The first-order valence-electron chi connectivity index (χ1n) is 17.7. The van der Waals surface area contributed by atoms with Gasteiger partial charge in [0.2, 0.25) is 0 Å². The zero-order valence-corrected chi connectivity index (χ0v) is 29.5. The van der Waals surface area contributed by atoms with Crippen molar-refractivity contribution in [1.29, 1.82) is 0 Å². The molecule has 12 heteroatoms. The number of fused-ring (bicyclic) bond motifs is 6. The summed E-state index contributed by atoms with van der Waals surface area (Å²) in [7, 11) is 0. The Morgan fingerprint density at radius 2 is 1.58 bits per heavy atom. The lowest BCUT2D eigenvalue weighted by Crippen LogP contribution is -2.69. The Hall–Kier alpha value is -1.31. The molecule has 11 nitrogen and oxygen atoms in total. The van der Waals surface area contributed by atoms with E-state index in [1.54, 1.807) is 6.92 Å². The zero-order chi connectivity index (χ0) is 35.4. The maximum absolute atomic E-state index is 13.4. The molecule has 7 N–H and O–H groups in total. The van der Waals surface area contributed by atoms with Crippen LogP contribution >= 0.6 is 11.6 Å². The first kappa shape index (κ1) is 36.5. The van der Waals surface area contributed by atoms with Gasteiger partial charge in [-0.3, -0.25) is 9.59 Å². The zero-order valence-electron chi connectivity index (χ0n) is 28.8. The minimum atomic E-state index is -1.74. The summed E-state index contributed by atoms with van der Waals surface area (Å²) >= 11 is 6.81. The molecule has 0 aromatic heterocycles. The number of aliphatic hydroxyl groups excluding tert-OH is 5. The van der Waals surface area contributed by atoms with Gasteiger partial charge in [-0.25, -0.2) is 0 Å². The second kappa shape index (κ2) is 12.1. The number of ether oxygens (including phenoxy) is 2. The number of allylic oxidation sites excluding steroid dienone is 2. The molecule has 0 amide bonds. The van der Waals surface area contributed by atoms with Gasteiger partial charge in [0.05, 0.1) is 23.5 Å². The minimum Gasteiger partial charge on any atom is -0.481 e. The lowest BCUT2D eigenvalue weighted by atomic mass is 9.37. The van der Waals surface area contributed by atoms with Crippen molar-refractivity contribution in [2.75, 3.05) is 12.5 Å². The third-order valence-electron chi connectivity index (χ3n) is 14.7. The van der Waals surface area contributed by atoms with E-state index in [-0.39, 0.29) is 35.0 Å². The van der Waals surface area contributed by atoms with Crippen molar-refractivity contribution in [1.82, 2.24) is 0 Å². The largest absolute Gasteiger partial charge is 0.481 e.